The van der Waals surface area contributed by atoms with Gasteiger partial charge in [0.15, 0.2) is 11.6 Å². The molecule has 1 aliphatic heterocycles. The topological polar surface area (TPSA) is 62.1 Å². The van der Waals surface area contributed by atoms with E-state index in [0.29, 0.717) is 53.8 Å². The Bertz CT molecular complexity index is 949. The summed E-state index contributed by atoms with van der Waals surface area (Å²) in [6, 6.07) is 8.14. The zero-order chi connectivity index (χ0) is 17.4. The van der Waals surface area contributed by atoms with Crippen LogP contribution in [0.5, 0.6) is 0 Å². The monoisotopic (exact) mass is 359 g/mol. The second kappa shape index (κ2) is 6.46. The summed E-state index contributed by atoms with van der Waals surface area (Å²) in [5.41, 5.74) is 1.62. The SMILES string of the molecule is O=c1[nH]c(-c2ccco2)nc2c1CN(Cc1c(F)cccc1Cl)CC2. The zero-order valence-electron chi connectivity index (χ0n) is 13.3. The number of aromatic amines is 1. The molecule has 0 saturated heterocycles. The van der Waals surface area contributed by atoms with Crippen molar-refractivity contribution < 1.29 is 8.81 Å². The first kappa shape index (κ1) is 16.1. The van der Waals surface area contributed by atoms with Gasteiger partial charge in [0.1, 0.15) is 5.82 Å². The highest BCUT2D eigenvalue weighted by Gasteiger charge is 2.23. The number of aromatic nitrogens is 2. The number of halogens is 2. The first-order valence-electron chi connectivity index (χ1n) is 7.93. The Kier molecular flexibility index (Phi) is 4.15. The van der Waals surface area contributed by atoms with Crippen LogP contribution < -0.4 is 5.56 Å². The van der Waals surface area contributed by atoms with Gasteiger partial charge in [0.2, 0.25) is 0 Å². The van der Waals surface area contributed by atoms with Crippen LogP contribution in [0.4, 0.5) is 4.39 Å². The Morgan fingerprint density at radius 2 is 2.20 bits per heavy atom. The molecule has 128 valence electrons. The number of rotatable bonds is 3. The lowest BCUT2D eigenvalue weighted by Crippen LogP contribution is -2.35. The van der Waals surface area contributed by atoms with E-state index in [2.05, 4.69) is 9.97 Å². The van der Waals surface area contributed by atoms with Crippen LogP contribution in [0.2, 0.25) is 5.02 Å². The van der Waals surface area contributed by atoms with Crippen molar-refractivity contribution in [2.24, 2.45) is 0 Å². The van der Waals surface area contributed by atoms with Crippen molar-refractivity contribution in [3.8, 4) is 11.6 Å². The zero-order valence-corrected chi connectivity index (χ0v) is 14.0. The smallest absolute Gasteiger partial charge is 0.256 e. The lowest BCUT2D eigenvalue weighted by Gasteiger charge is -2.28. The van der Waals surface area contributed by atoms with Gasteiger partial charge in [-0.25, -0.2) is 9.37 Å². The average Bonchev–Trinajstić information content (AvgIpc) is 3.13. The molecule has 0 unspecified atom stereocenters. The van der Waals surface area contributed by atoms with Crippen LogP contribution in [0.25, 0.3) is 11.6 Å². The fourth-order valence-corrected chi connectivity index (χ4v) is 3.28. The lowest BCUT2D eigenvalue weighted by molar-refractivity contribution is 0.238. The van der Waals surface area contributed by atoms with Crippen LogP contribution >= 0.6 is 11.6 Å². The van der Waals surface area contributed by atoms with E-state index in [1.165, 1.54) is 12.3 Å². The molecule has 0 aliphatic carbocycles. The molecule has 1 aliphatic rings. The van der Waals surface area contributed by atoms with Gasteiger partial charge in [-0.2, -0.15) is 0 Å². The highest BCUT2D eigenvalue weighted by molar-refractivity contribution is 6.31. The number of H-pyrrole nitrogens is 1. The summed E-state index contributed by atoms with van der Waals surface area (Å²) in [4.78, 5) is 21.7. The number of hydrogen-bond donors (Lipinski definition) is 1. The van der Waals surface area contributed by atoms with Crippen molar-refractivity contribution in [2.75, 3.05) is 6.54 Å². The van der Waals surface area contributed by atoms with Gasteiger partial charge in [0.25, 0.3) is 5.56 Å². The third-order valence-corrected chi connectivity index (χ3v) is 4.70. The lowest BCUT2D eigenvalue weighted by atomic mass is 10.1. The quantitative estimate of drug-likeness (QED) is 0.778. The molecule has 4 rings (SSSR count). The van der Waals surface area contributed by atoms with E-state index >= 15 is 0 Å². The fraction of sp³-hybridized carbons (Fsp3) is 0.222. The summed E-state index contributed by atoms with van der Waals surface area (Å²) < 4.78 is 19.3. The normalized spacial score (nSPS) is 14.5. The number of nitrogens with zero attached hydrogens (tertiary/aromatic N) is 2. The molecule has 25 heavy (non-hydrogen) atoms. The molecule has 0 amide bonds. The predicted octanol–water partition coefficient (Wildman–Crippen LogP) is 3.38. The van der Waals surface area contributed by atoms with Gasteiger partial charge >= 0.3 is 0 Å². The molecule has 0 spiro atoms. The molecular weight excluding hydrogens is 345 g/mol. The summed E-state index contributed by atoms with van der Waals surface area (Å²) in [6.45, 7) is 1.43. The molecular formula is C18H15ClFN3O2. The second-order valence-electron chi connectivity index (χ2n) is 5.98. The minimum Gasteiger partial charge on any atom is -0.461 e. The highest BCUT2D eigenvalue weighted by Crippen LogP contribution is 2.24. The third kappa shape index (κ3) is 3.10. The van der Waals surface area contributed by atoms with E-state index in [9.17, 15) is 9.18 Å². The molecule has 2 aromatic heterocycles. The number of furan rings is 1. The van der Waals surface area contributed by atoms with Gasteiger partial charge < -0.3 is 9.40 Å². The van der Waals surface area contributed by atoms with Crippen LogP contribution in [0.15, 0.2) is 45.8 Å². The molecule has 0 bridgehead atoms. The molecule has 7 heteroatoms. The summed E-state index contributed by atoms with van der Waals surface area (Å²) in [5, 5.41) is 0.394. The molecule has 3 aromatic rings. The van der Waals surface area contributed by atoms with E-state index in [1.54, 1.807) is 24.3 Å². The summed E-state index contributed by atoms with van der Waals surface area (Å²) in [7, 11) is 0. The molecule has 0 fully saturated rings. The van der Waals surface area contributed by atoms with Crippen LogP contribution in [-0.2, 0) is 19.5 Å². The van der Waals surface area contributed by atoms with Gasteiger partial charge in [-0.15, -0.1) is 0 Å². The Balaban J connectivity index is 1.61. The number of nitrogens with one attached hydrogen (secondary N) is 1. The Morgan fingerprint density at radius 1 is 1.32 bits per heavy atom. The van der Waals surface area contributed by atoms with Gasteiger partial charge in [-0.1, -0.05) is 17.7 Å². The van der Waals surface area contributed by atoms with Gasteiger partial charge in [-0.05, 0) is 24.3 Å². The predicted molar refractivity (Wildman–Crippen MR) is 91.8 cm³/mol. The standard InChI is InChI=1S/C18H15ClFN3O2/c19-13-3-1-4-14(20)11(13)9-23-7-6-15-12(10-23)18(24)22-17(21-15)16-5-2-8-25-16/h1-5,8H,6-7,9-10H2,(H,21,22,24). The summed E-state index contributed by atoms with van der Waals surface area (Å²) in [5.74, 6) is 0.623. The maximum absolute atomic E-state index is 14.0. The maximum atomic E-state index is 14.0. The van der Waals surface area contributed by atoms with Crippen molar-refractivity contribution in [3.63, 3.8) is 0 Å². The van der Waals surface area contributed by atoms with E-state index < -0.39 is 0 Å². The number of fused-ring (bicyclic) bond motifs is 1. The Labute approximate surface area is 148 Å². The molecule has 0 atom stereocenters. The maximum Gasteiger partial charge on any atom is 0.256 e. The number of hydrogen-bond acceptors (Lipinski definition) is 4. The minimum absolute atomic E-state index is 0.194. The fourth-order valence-electron chi connectivity index (χ4n) is 3.05. The van der Waals surface area contributed by atoms with Crippen molar-refractivity contribution in [3.05, 3.63) is 74.6 Å². The number of benzene rings is 1. The highest BCUT2D eigenvalue weighted by atomic mass is 35.5. The minimum atomic E-state index is -0.335. The Morgan fingerprint density at radius 3 is 2.96 bits per heavy atom. The van der Waals surface area contributed by atoms with Crippen molar-refractivity contribution in [1.82, 2.24) is 14.9 Å². The van der Waals surface area contributed by atoms with Crippen LogP contribution in [0.3, 0.4) is 0 Å². The Hall–Kier alpha value is -2.44. The molecule has 5 nitrogen and oxygen atoms in total. The van der Waals surface area contributed by atoms with Crippen molar-refractivity contribution >= 4 is 11.6 Å². The molecule has 0 saturated carbocycles. The molecule has 1 N–H and O–H groups in total. The van der Waals surface area contributed by atoms with Gasteiger partial charge in [0.05, 0.1) is 17.5 Å². The van der Waals surface area contributed by atoms with Crippen LogP contribution in [0, 0.1) is 5.82 Å². The van der Waals surface area contributed by atoms with Gasteiger partial charge in [0, 0.05) is 36.6 Å². The van der Waals surface area contributed by atoms with E-state index in [4.69, 9.17) is 16.0 Å². The largest absolute Gasteiger partial charge is 0.461 e. The van der Waals surface area contributed by atoms with E-state index in [1.807, 2.05) is 4.90 Å². The molecule has 0 radical (unpaired) electrons. The second-order valence-corrected chi connectivity index (χ2v) is 6.39. The average molecular weight is 360 g/mol. The van der Waals surface area contributed by atoms with Crippen molar-refractivity contribution in [1.29, 1.82) is 0 Å². The third-order valence-electron chi connectivity index (χ3n) is 4.35. The van der Waals surface area contributed by atoms with Crippen LogP contribution in [-0.4, -0.2) is 21.4 Å². The summed E-state index contributed by atoms with van der Waals surface area (Å²) in [6.07, 6.45) is 2.15. The summed E-state index contributed by atoms with van der Waals surface area (Å²) >= 11 is 6.10. The van der Waals surface area contributed by atoms with E-state index in [0.717, 1.165) is 5.69 Å². The van der Waals surface area contributed by atoms with Gasteiger partial charge in [-0.3, -0.25) is 9.69 Å². The molecule has 1 aromatic carbocycles. The van der Waals surface area contributed by atoms with Crippen molar-refractivity contribution in [2.45, 2.75) is 19.5 Å². The van der Waals surface area contributed by atoms with E-state index in [-0.39, 0.29) is 11.4 Å². The first-order valence-corrected chi connectivity index (χ1v) is 8.31. The first-order chi connectivity index (χ1) is 12.1. The van der Waals surface area contributed by atoms with Crippen LogP contribution in [0.1, 0.15) is 16.8 Å². The molecule has 3 heterocycles.